The molecule has 0 amide bonds. The molecule has 0 spiro atoms. The van der Waals surface area contributed by atoms with Crippen LogP contribution in [0.15, 0.2) is 30.5 Å². The molecule has 2 aromatic rings. The maximum absolute atomic E-state index is 5.23. The van der Waals surface area contributed by atoms with Crippen LogP contribution in [0, 0.1) is 5.92 Å². The van der Waals surface area contributed by atoms with E-state index in [0.29, 0.717) is 5.92 Å². The number of aromatic nitrogens is 3. The molecule has 4 rings (SSSR count). The molecular formula is C16H19N3O2. The molecule has 1 aromatic heterocycles. The second-order valence-corrected chi connectivity index (χ2v) is 6.04. The summed E-state index contributed by atoms with van der Waals surface area (Å²) in [5.41, 5.74) is 2.47. The molecule has 0 bridgehead atoms. The number of ether oxygens (including phenoxy) is 2. The average molecular weight is 285 g/mol. The maximum Gasteiger partial charge on any atom is 0.118 e. The first-order valence-electron chi connectivity index (χ1n) is 7.43. The van der Waals surface area contributed by atoms with Gasteiger partial charge < -0.3 is 9.47 Å². The van der Waals surface area contributed by atoms with Gasteiger partial charge in [0.2, 0.25) is 0 Å². The van der Waals surface area contributed by atoms with Crippen LogP contribution in [0.1, 0.15) is 24.1 Å². The lowest BCUT2D eigenvalue weighted by Gasteiger charge is -2.25. The zero-order valence-electron chi connectivity index (χ0n) is 12.2. The van der Waals surface area contributed by atoms with Crippen LogP contribution in [0.3, 0.4) is 0 Å². The van der Waals surface area contributed by atoms with E-state index in [1.165, 1.54) is 5.56 Å². The monoisotopic (exact) mass is 285 g/mol. The van der Waals surface area contributed by atoms with Crippen molar-refractivity contribution in [3.63, 3.8) is 0 Å². The molecule has 2 heterocycles. The van der Waals surface area contributed by atoms with Gasteiger partial charge in [-0.2, -0.15) is 0 Å². The van der Waals surface area contributed by atoms with Gasteiger partial charge in [-0.3, -0.25) is 4.68 Å². The smallest absolute Gasteiger partial charge is 0.118 e. The molecular weight excluding hydrogens is 266 g/mol. The summed E-state index contributed by atoms with van der Waals surface area (Å²) in [6.45, 7) is 2.60. The largest absolute Gasteiger partial charge is 0.497 e. The fourth-order valence-electron chi connectivity index (χ4n) is 2.99. The van der Waals surface area contributed by atoms with E-state index in [-0.39, 0.29) is 5.41 Å². The van der Waals surface area contributed by atoms with Crippen molar-refractivity contribution >= 4 is 0 Å². The maximum atomic E-state index is 5.23. The summed E-state index contributed by atoms with van der Waals surface area (Å²) in [4.78, 5) is 0. The normalized spacial score (nSPS) is 20.0. The molecule has 1 aliphatic carbocycles. The standard InChI is InChI=1S/C16H19N3O2/c1-20-14-4-2-13(3-5-14)16(6-7-16)15-9-19(18-17-15)8-12-10-21-11-12/h2-5,9,12H,6-8,10-11H2,1H3. The van der Waals surface area contributed by atoms with Crippen molar-refractivity contribution < 1.29 is 9.47 Å². The molecule has 5 heteroatoms. The second kappa shape index (κ2) is 4.84. The Bertz CT molecular complexity index is 627. The number of hydrogen-bond donors (Lipinski definition) is 0. The fourth-order valence-corrected chi connectivity index (χ4v) is 2.99. The number of nitrogens with zero attached hydrogens (tertiary/aromatic N) is 3. The summed E-state index contributed by atoms with van der Waals surface area (Å²) < 4.78 is 12.4. The van der Waals surface area contributed by atoms with E-state index in [1.54, 1.807) is 7.11 Å². The molecule has 1 saturated heterocycles. The molecule has 1 aromatic carbocycles. The summed E-state index contributed by atoms with van der Waals surface area (Å²) >= 11 is 0. The zero-order valence-corrected chi connectivity index (χ0v) is 12.2. The van der Waals surface area contributed by atoms with Gasteiger partial charge in [-0.05, 0) is 30.5 Å². The Hall–Kier alpha value is -1.88. The summed E-state index contributed by atoms with van der Waals surface area (Å²) in [5.74, 6) is 1.49. The first-order valence-corrected chi connectivity index (χ1v) is 7.43. The molecule has 0 unspecified atom stereocenters. The third-order valence-electron chi connectivity index (χ3n) is 4.57. The Labute approximate surface area is 123 Å². The molecule has 1 aliphatic heterocycles. The Morgan fingerprint density at radius 3 is 2.62 bits per heavy atom. The van der Waals surface area contributed by atoms with Crippen LogP contribution in [-0.2, 0) is 16.7 Å². The van der Waals surface area contributed by atoms with Gasteiger partial charge in [0.1, 0.15) is 5.75 Å². The highest BCUT2D eigenvalue weighted by Crippen LogP contribution is 2.52. The molecule has 21 heavy (non-hydrogen) atoms. The highest BCUT2D eigenvalue weighted by molar-refractivity contribution is 5.43. The highest BCUT2D eigenvalue weighted by Gasteiger charge is 2.48. The Balaban J connectivity index is 1.56. The first-order chi connectivity index (χ1) is 10.3. The third kappa shape index (κ3) is 2.21. The van der Waals surface area contributed by atoms with Crippen molar-refractivity contribution in [1.82, 2.24) is 15.0 Å². The van der Waals surface area contributed by atoms with Gasteiger partial charge >= 0.3 is 0 Å². The van der Waals surface area contributed by atoms with Crippen LogP contribution < -0.4 is 4.74 Å². The van der Waals surface area contributed by atoms with Crippen molar-refractivity contribution in [2.45, 2.75) is 24.8 Å². The third-order valence-corrected chi connectivity index (χ3v) is 4.57. The van der Waals surface area contributed by atoms with Crippen LogP contribution in [0.25, 0.3) is 0 Å². The van der Waals surface area contributed by atoms with Gasteiger partial charge in [0.15, 0.2) is 0 Å². The molecule has 5 nitrogen and oxygen atoms in total. The fraction of sp³-hybridized carbons (Fsp3) is 0.500. The lowest BCUT2D eigenvalue weighted by molar-refractivity contribution is -0.0410. The molecule has 0 radical (unpaired) electrons. The molecule has 0 atom stereocenters. The first kappa shape index (κ1) is 12.8. The quantitative estimate of drug-likeness (QED) is 0.843. The van der Waals surface area contributed by atoms with Gasteiger partial charge in [0.05, 0.1) is 26.0 Å². The highest BCUT2D eigenvalue weighted by atomic mass is 16.5. The van der Waals surface area contributed by atoms with Crippen LogP contribution in [0.2, 0.25) is 0 Å². The zero-order chi connectivity index (χ0) is 14.3. The lowest BCUT2D eigenvalue weighted by Crippen LogP contribution is -2.31. The van der Waals surface area contributed by atoms with E-state index in [1.807, 2.05) is 16.8 Å². The van der Waals surface area contributed by atoms with Gasteiger partial charge in [0.25, 0.3) is 0 Å². The van der Waals surface area contributed by atoms with Gasteiger partial charge in [-0.15, -0.1) is 5.10 Å². The van der Waals surface area contributed by atoms with E-state index < -0.39 is 0 Å². The van der Waals surface area contributed by atoms with Gasteiger partial charge in [-0.25, -0.2) is 0 Å². The number of benzene rings is 1. The predicted molar refractivity (Wildman–Crippen MR) is 77.3 cm³/mol. The van der Waals surface area contributed by atoms with Crippen LogP contribution >= 0.6 is 0 Å². The van der Waals surface area contributed by atoms with E-state index in [2.05, 4.69) is 28.6 Å². The molecule has 2 fully saturated rings. The average Bonchev–Trinajstić information content (AvgIpc) is 3.16. The van der Waals surface area contributed by atoms with Crippen LogP contribution in [0.4, 0.5) is 0 Å². The second-order valence-electron chi connectivity index (χ2n) is 6.04. The van der Waals surface area contributed by atoms with Crippen molar-refractivity contribution in [3.8, 4) is 5.75 Å². The minimum absolute atomic E-state index is 0.0701. The Kier molecular flexibility index (Phi) is 2.96. The molecule has 1 saturated carbocycles. The molecule has 110 valence electrons. The number of methoxy groups -OCH3 is 1. The van der Waals surface area contributed by atoms with E-state index in [4.69, 9.17) is 9.47 Å². The van der Waals surface area contributed by atoms with Crippen molar-refractivity contribution in [2.24, 2.45) is 5.92 Å². The van der Waals surface area contributed by atoms with Crippen LogP contribution in [-0.4, -0.2) is 35.3 Å². The SMILES string of the molecule is COc1ccc(C2(c3cn(CC4COC4)nn3)CC2)cc1. The number of hydrogen-bond acceptors (Lipinski definition) is 4. The summed E-state index contributed by atoms with van der Waals surface area (Å²) in [6, 6.07) is 8.33. The van der Waals surface area contributed by atoms with Gasteiger partial charge in [-0.1, -0.05) is 17.3 Å². The van der Waals surface area contributed by atoms with E-state index >= 15 is 0 Å². The van der Waals surface area contributed by atoms with Crippen molar-refractivity contribution in [1.29, 1.82) is 0 Å². The number of rotatable bonds is 5. The van der Waals surface area contributed by atoms with Crippen molar-refractivity contribution in [2.75, 3.05) is 20.3 Å². The van der Waals surface area contributed by atoms with E-state index in [9.17, 15) is 0 Å². The minimum atomic E-state index is 0.0701. The van der Waals surface area contributed by atoms with Gasteiger partial charge in [0, 0.05) is 24.1 Å². The minimum Gasteiger partial charge on any atom is -0.497 e. The molecule has 0 N–H and O–H groups in total. The summed E-state index contributed by atoms with van der Waals surface area (Å²) in [5, 5.41) is 8.71. The van der Waals surface area contributed by atoms with Crippen LogP contribution in [0.5, 0.6) is 5.75 Å². The molecule has 2 aliphatic rings. The topological polar surface area (TPSA) is 49.2 Å². The summed E-state index contributed by atoms with van der Waals surface area (Å²) in [7, 11) is 1.69. The Morgan fingerprint density at radius 1 is 1.29 bits per heavy atom. The summed E-state index contributed by atoms with van der Waals surface area (Å²) in [6.07, 6.45) is 4.39. The van der Waals surface area contributed by atoms with Crippen molar-refractivity contribution in [3.05, 3.63) is 41.7 Å². The van der Waals surface area contributed by atoms with E-state index in [0.717, 1.165) is 44.0 Å². The lowest BCUT2D eigenvalue weighted by atomic mass is 9.93. The predicted octanol–water partition coefficient (Wildman–Crippen LogP) is 2.01. The Morgan fingerprint density at radius 2 is 2.05 bits per heavy atom.